The SMILES string of the molecule is Cc1cc(F)ccc1CC1(C#N)CCCC(C)C1. The first-order chi connectivity index (χ1) is 8.54. The molecule has 1 aliphatic carbocycles. The highest BCUT2D eigenvalue weighted by Gasteiger charge is 2.35. The molecule has 96 valence electrons. The molecule has 0 N–H and O–H groups in total. The van der Waals surface area contributed by atoms with Crippen molar-refractivity contribution >= 4 is 0 Å². The summed E-state index contributed by atoms with van der Waals surface area (Å²) in [6.07, 6.45) is 5.08. The van der Waals surface area contributed by atoms with Crippen molar-refractivity contribution in [1.82, 2.24) is 0 Å². The van der Waals surface area contributed by atoms with Gasteiger partial charge in [-0.1, -0.05) is 25.8 Å². The second-order valence-electron chi connectivity index (χ2n) is 5.84. The third-order valence-electron chi connectivity index (χ3n) is 4.16. The molecule has 0 amide bonds. The van der Waals surface area contributed by atoms with E-state index in [-0.39, 0.29) is 11.2 Å². The van der Waals surface area contributed by atoms with Crippen molar-refractivity contribution in [3.63, 3.8) is 0 Å². The number of aryl methyl sites for hydroxylation is 1. The highest BCUT2D eigenvalue weighted by molar-refractivity contribution is 5.29. The average molecular weight is 245 g/mol. The van der Waals surface area contributed by atoms with E-state index in [4.69, 9.17) is 0 Å². The monoisotopic (exact) mass is 245 g/mol. The van der Waals surface area contributed by atoms with Crippen LogP contribution in [0.5, 0.6) is 0 Å². The lowest BCUT2D eigenvalue weighted by atomic mass is 9.68. The van der Waals surface area contributed by atoms with E-state index in [1.165, 1.54) is 12.5 Å². The molecule has 1 aliphatic rings. The minimum Gasteiger partial charge on any atom is -0.207 e. The van der Waals surface area contributed by atoms with Crippen LogP contribution in [-0.2, 0) is 6.42 Å². The van der Waals surface area contributed by atoms with Gasteiger partial charge in [-0.3, -0.25) is 0 Å². The van der Waals surface area contributed by atoms with Crippen LogP contribution in [0.25, 0.3) is 0 Å². The summed E-state index contributed by atoms with van der Waals surface area (Å²) in [4.78, 5) is 0. The second kappa shape index (κ2) is 5.10. The molecule has 1 aromatic rings. The van der Waals surface area contributed by atoms with Gasteiger partial charge < -0.3 is 0 Å². The molecule has 0 aromatic heterocycles. The first-order valence-corrected chi connectivity index (χ1v) is 6.71. The van der Waals surface area contributed by atoms with E-state index in [1.54, 1.807) is 6.07 Å². The molecule has 2 heteroatoms. The van der Waals surface area contributed by atoms with Crippen LogP contribution in [0.4, 0.5) is 4.39 Å². The van der Waals surface area contributed by atoms with E-state index >= 15 is 0 Å². The number of benzene rings is 1. The molecule has 2 atom stereocenters. The van der Waals surface area contributed by atoms with E-state index in [1.807, 2.05) is 13.0 Å². The number of rotatable bonds is 2. The molecule has 0 radical (unpaired) electrons. The van der Waals surface area contributed by atoms with E-state index in [2.05, 4.69) is 13.0 Å². The van der Waals surface area contributed by atoms with E-state index in [0.29, 0.717) is 5.92 Å². The molecule has 0 saturated heterocycles. The van der Waals surface area contributed by atoms with E-state index in [9.17, 15) is 9.65 Å². The van der Waals surface area contributed by atoms with E-state index in [0.717, 1.165) is 36.8 Å². The largest absolute Gasteiger partial charge is 0.207 e. The van der Waals surface area contributed by atoms with Gasteiger partial charge in [-0.25, -0.2) is 4.39 Å². The number of hydrogen-bond acceptors (Lipinski definition) is 1. The lowest BCUT2D eigenvalue weighted by molar-refractivity contribution is 0.209. The standard InChI is InChI=1S/C16H20FN/c1-12-4-3-7-16(9-12,11-18)10-14-5-6-15(17)8-13(14)2/h5-6,8,12H,3-4,7,9-10H2,1-2H3. The molecule has 1 nitrogen and oxygen atoms in total. The van der Waals surface area contributed by atoms with Crippen LogP contribution in [0, 0.1) is 35.4 Å². The average Bonchev–Trinajstić information content (AvgIpc) is 2.33. The fraction of sp³-hybridized carbons (Fsp3) is 0.562. The first-order valence-electron chi connectivity index (χ1n) is 6.71. The van der Waals surface area contributed by atoms with Gasteiger partial charge in [0.2, 0.25) is 0 Å². The predicted octanol–water partition coefficient (Wildman–Crippen LogP) is 4.40. The van der Waals surface area contributed by atoms with Gasteiger partial charge in [-0.05, 0) is 55.4 Å². The Morgan fingerprint density at radius 3 is 2.89 bits per heavy atom. The van der Waals surface area contributed by atoms with Crippen LogP contribution in [0.3, 0.4) is 0 Å². The van der Waals surface area contributed by atoms with Crippen molar-refractivity contribution in [2.24, 2.45) is 11.3 Å². The Kier molecular flexibility index (Phi) is 3.71. The summed E-state index contributed by atoms with van der Waals surface area (Å²) in [6, 6.07) is 7.44. The lowest BCUT2D eigenvalue weighted by Crippen LogP contribution is -2.28. The molecule has 0 aliphatic heterocycles. The first kappa shape index (κ1) is 13.1. The van der Waals surface area contributed by atoms with Crippen molar-refractivity contribution in [3.05, 3.63) is 35.1 Å². The van der Waals surface area contributed by atoms with Gasteiger partial charge in [0.15, 0.2) is 0 Å². The zero-order valence-corrected chi connectivity index (χ0v) is 11.2. The third-order valence-corrected chi connectivity index (χ3v) is 4.16. The Balaban J connectivity index is 2.22. The maximum atomic E-state index is 13.1. The predicted molar refractivity (Wildman–Crippen MR) is 70.5 cm³/mol. The maximum Gasteiger partial charge on any atom is 0.123 e. The molecule has 1 fully saturated rings. The zero-order chi connectivity index (χ0) is 13.2. The van der Waals surface area contributed by atoms with Crippen molar-refractivity contribution in [2.45, 2.75) is 46.0 Å². The summed E-state index contributed by atoms with van der Waals surface area (Å²) in [5.41, 5.74) is 1.84. The summed E-state index contributed by atoms with van der Waals surface area (Å²) in [5.74, 6) is 0.429. The Morgan fingerprint density at radius 1 is 1.50 bits per heavy atom. The van der Waals surface area contributed by atoms with Crippen molar-refractivity contribution in [1.29, 1.82) is 5.26 Å². The Bertz CT molecular complexity index is 474. The molecule has 1 saturated carbocycles. The summed E-state index contributed by atoms with van der Waals surface area (Å²) in [6.45, 7) is 4.15. The van der Waals surface area contributed by atoms with Crippen molar-refractivity contribution in [3.8, 4) is 6.07 Å². The minimum atomic E-state index is -0.236. The van der Waals surface area contributed by atoms with Crippen LogP contribution < -0.4 is 0 Å². The van der Waals surface area contributed by atoms with Gasteiger partial charge in [0, 0.05) is 0 Å². The van der Waals surface area contributed by atoms with Gasteiger partial charge in [0.05, 0.1) is 11.5 Å². The lowest BCUT2D eigenvalue weighted by Gasteiger charge is -2.34. The van der Waals surface area contributed by atoms with Gasteiger partial charge in [0.1, 0.15) is 5.82 Å². The topological polar surface area (TPSA) is 23.8 Å². The third kappa shape index (κ3) is 2.72. The maximum absolute atomic E-state index is 13.1. The fourth-order valence-electron chi connectivity index (χ4n) is 3.18. The summed E-state index contributed by atoms with van der Waals surface area (Å²) in [7, 11) is 0. The molecule has 0 heterocycles. The highest BCUT2D eigenvalue weighted by Crippen LogP contribution is 2.41. The fourth-order valence-corrected chi connectivity index (χ4v) is 3.18. The summed E-state index contributed by atoms with van der Waals surface area (Å²) in [5, 5.41) is 9.54. The summed E-state index contributed by atoms with van der Waals surface area (Å²) >= 11 is 0. The molecule has 0 spiro atoms. The molecule has 2 unspecified atom stereocenters. The van der Waals surface area contributed by atoms with Crippen LogP contribution in [0.2, 0.25) is 0 Å². The Labute approximate surface area is 109 Å². The van der Waals surface area contributed by atoms with Gasteiger partial charge >= 0.3 is 0 Å². The molecule has 0 bridgehead atoms. The van der Waals surface area contributed by atoms with Gasteiger partial charge in [-0.2, -0.15) is 5.26 Å². The normalized spacial score (nSPS) is 27.8. The van der Waals surface area contributed by atoms with Crippen LogP contribution >= 0.6 is 0 Å². The summed E-state index contributed by atoms with van der Waals surface area (Å²) < 4.78 is 13.1. The Hall–Kier alpha value is -1.36. The van der Waals surface area contributed by atoms with Gasteiger partial charge in [0.25, 0.3) is 0 Å². The van der Waals surface area contributed by atoms with Crippen LogP contribution in [0.15, 0.2) is 18.2 Å². The van der Waals surface area contributed by atoms with Crippen molar-refractivity contribution in [2.75, 3.05) is 0 Å². The highest BCUT2D eigenvalue weighted by atomic mass is 19.1. The second-order valence-corrected chi connectivity index (χ2v) is 5.84. The number of hydrogen-bond donors (Lipinski definition) is 0. The molecule has 2 rings (SSSR count). The number of halogens is 1. The smallest absolute Gasteiger partial charge is 0.123 e. The van der Waals surface area contributed by atoms with Crippen LogP contribution in [0.1, 0.15) is 43.7 Å². The van der Waals surface area contributed by atoms with Crippen molar-refractivity contribution < 1.29 is 4.39 Å². The minimum absolute atomic E-state index is 0.195. The van der Waals surface area contributed by atoms with Crippen LogP contribution in [-0.4, -0.2) is 0 Å². The molecular weight excluding hydrogens is 225 g/mol. The molecular formula is C16H20FN. The Morgan fingerprint density at radius 2 is 2.28 bits per heavy atom. The number of nitriles is 1. The number of nitrogens with zero attached hydrogens (tertiary/aromatic N) is 1. The van der Waals surface area contributed by atoms with Gasteiger partial charge in [-0.15, -0.1) is 0 Å². The molecule has 1 aromatic carbocycles. The van der Waals surface area contributed by atoms with E-state index < -0.39 is 0 Å². The molecule has 18 heavy (non-hydrogen) atoms. The quantitative estimate of drug-likeness (QED) is 0.757. The zero-order valence-electron chi connectivity index (χ0n) is 11.2.